The largest absolute Gasteiger partial charge is 0.335 e. The summed E-state index contributed by atoms with van der Waals surface area (Å²) >= 11 is 10.9. The fourth-order valence-electron chi connectivity index (χ4n) is 0.988. The van der Waals surface area contributed by atoms with Crippen molar-refractivity contribution in [2.45, 2.75) is 50.3 Å². The summed E-state index contributed by atoms with van der Waals surface area (Å²) in [5.74, 6) is 0.957. The number of thiol groups is 2. The fraction of sp³-hybridized carbons (Fsp3) is 0.667. The number of hydrogen-bond acceptors (Lipinski definition) is 8. The van der Waals surface area contributed by atoms with Gasteiger partial charge in [-0.05, 0) is 13.8 Å². The molecule has 0 saturated carbocycles. The Labute approximate surface area is 181 Å². The molecule has 2 N–H and O–H groups in total. The van der Waals surface area contributed by atoms with Crippen molar-refractivity contribution in [3.05, 3.63) is 20.3 Å². The Bertz CT molecular complexity index is 309. The molecule has 0 saturated heterocycles. The summed E-state index contributed by atoms with van der Waals surface area (Å²) in [6.45, 7) is 15.0. The maximum atomic E-state index is 11.3. The topological polar surface area (TPSA) is 58.2 Å². The summed E-state index contributed by atoms with van der Waals surface area (Å²) in [6, 6.07) is -0.583. The van der Waals surface area contributed by atoms with E-state index in [0.717, 1.165) is 0 Å². The number of carbonyl (C=O) groups is 2. The molecule has 0 heterocycles. The molecule has 0 aromatic rings. The Balaban J connectivity index is -0.00000102. The molecule has 0 aliphatic heterocycles. The van der Waals surface area contributed by atoms with Gasteiger partial charge in [0, 0.05) is 32.6 Å². The average Bonchev–Trinajstić information content (AvgIpc) is 2.48. The van der Waals surface area contributed by atoms with Gasteiger partial charge in [0.15, 0.2) is 0 Å². The van der Waals surface area contributed by atoms with Crippen molar-refractivity contribution in [1.82, 2.24) is 9.44 Å². The Kier molecular flexibility index (Phi) is 24.0. The molecule has 0 aromatic heterocycles. The van der Waals surface area contributed by atoms with E-state index in [1.54, 1.807) is 0 Å². The van der Waals surface area contributed by atoms with E-state index in [0.29, 0.717) is 11.5 Å². The number of Topliss-reactive ketones (excluding diaryl/α,β-unsaturated/α-hetero) is 2. The molecule has 0 radical (unpaired) electrons. The van der Waals surface area contributed by atoms with Crippen LogP contribution in [0.5, 0.6) is 0 Å². The van der Waals surface area contributed by atoms with Gasteiger partial charge in [0.05, 0.1) is 12.1 Å². The molecule has 9 heteroatoms. The number of carbonyl (C=O) groups excluding carboxylic acids is 2. The van der Waals surface area contributed by atoms with Crippen molar-refractivity contribution >= 4 is 60.7 Å². The van der Waals surface area contributed by atoms with Crippen LogP contribution in [0.15, 0.2) is 0 Å². The van der Waals surface area contributed by atoms with Gasteiger partial charge in [0.2, 0.25) is 0 Å². The Morgan fingerprint density at radius 2 is 1.21 bits per heavy atom. The third-order valence-electron chi connectivity index (χ3n) is 2.48. The predicted molar refractivity (Wildman–Crippen MR) is 112 cm³/mol. The molecule has 2 unspecified atom stereocenters. The minimum absolute atomic E-state index is 0. The Morgan fingerprint density at radius 1 is 0.958 bits per heavy atom. The van der Waals surface area contributed by atoms with Gasteiger partial charge in [-0.15, -0.1) is 34.4 Å². The third-order valence-corrected chi connectivity index (χ3v) is 5.49. The standard InChI is InChI=1S/C12H22N2O2S4.C3H7.W/c1-7(15)11(5-17)13-19-9(3)10(4)20-14-12(6-18)8(2)16;1-3-2;/h9-14,17-18H,3-6H2,1-2H3;3H,1-2H3;/q-2;-1;/t9?,10?,11-,12-;;/m0../s1. The molecule has 0 aromatic carbocycles. The molecule has 0 bridgehead atoms. The van der Waals surface area contributed by atoms with Gasteiger partial charge in [0.25, 0.3) is 0 Å². The minimum Gasteiger partial charge on any atom is -0.335 e. The fourth-order valence-corrected chi connectivity index (χ4v) is 3.75. The molecule has 0 amide bonds. The summed E-state index contributed by atoms with van der Waals surface area (Å²) in [4.78, 5) is 22.5. The molecule has 144 valence electrons. The summed E-state index contributed by atoms with van der Waals surface area (Å²) < 4.78 is 6.08. The van der Waals surface area contributed by atoms with Crippen LogP contribution in [0.4, 0.5) is 0 Å². The van der Waals surface area contributed by atoms with Crippen molar-refractivity contribution in [2.75, 3.05) is 11.5 Å². The second-order valence-electron chi connectivity index (χ2n) is 4.82. The van der Waals surface area contributed by atoms with E-state index in [1.165, 1.54) is 37.7 Å². The van der Waals surface area contributed by atoms with Gasteiger partial charge < -0.3 is 20.3 Å². The van der Waals surface area contributed by atoms with Gasteiger partial charge in [-0.3, -0.25) is 19.0 Å². The molecule has 0 aliphatic rings. The number of nitrogens with one attached hydrogen (secondary N) is 2. The van der Waals surface area contributed by atoms with E-state index in [-0.39, 0.29) is 55.2 Å². The monoisotopic (exact) mass is 581 g/mol. The van der Waals surface area contributed by atoms with E-state index in [1.807, 2.05) is 20.3 Å². The zero-order valence-electron chi connectivity index (χ0n) is 14.7. The van der Waals surface area contributed by atoms with Crippen LogP contribution in [0.25, 0.3) is 0 Å². The summed E-state index contributed by atoms with van der Waals surface area (Å²) in [7, 11) is 0. The number of hydrogen-bond donors (Lipinski definition) is 4. The Hall–Kier alpha value is 1.35. The van der Waals surface area contributed by atoms with Gasteiger partial charge in [-0.25, -0.2) is 0 Å². The van der Waals surface area contributed by atoms with Gasteiger partial charge in [-0.1, -0.05) is 0 Å². The number of rotatable bonds is 11. The maximum absolute atomic E-state index is 11.3. The molecular formula is C15H29N2O2S4W-3. The predicted octanol–water partition coefficient (Wildman–Crippen LogP) is 2.87. The van der Waals surface area contributed by atoms with Crippen molar-refractivity contribution in [3.63, 3.8) is 0 Å². The normalized spacial score (nSPS) is 15.2. The van der Waals surface area contributed by atoms with Gasteiger partial charge in [-0.2, -0.15) is 39.1 Å². The van der Waals surface area contributed by atoms with Crippen LogP contribution in [0.2, 0.25) is 0 Å². The molecule has 0 rings (SSSR count). The quantitative estimate of drug-likeness (QED) is 0.171. The molecule has 0 aliphatic carbocycles. The first-order valence-electron chi connectivity index (χ1n) is 7.20. The van der Waals surface area contributed by atoms with Crippen LogP contribution in [-0.4, -0.2) is 45.7 Å². The van der Waals surface area contributed by atoms with E-state index in [2.05, 4.69) is 48.5 Å². The molecule has 24 heavy (non-hydrogen) atoms. The summed E-state index contributed by atoms with van der Waals surface area (Å²) in [5.41, 5.74) is 0. The van der Waals surface area contributed by atoms with Crippen LogP contribution in [0, 0.1) is 20.3 Å². The van der Waals surface area contributed by atoms with E-state index >= 15 is 0 Å². The zero-order valence-corrected chi connectivity index (χ0v) is 21.0. The first kappa shape index (κ1) is 30.1. The average molecular weight is 582 g/mol. The van der Waals surface area contributed by atoms with E-state index < -0.39 is 0 Å². The first-order chi connectivity index (χ1) is 10.7. The first-order valence-corrected chi connectivity index (χ1v) is 10.2. The third kappa shape index (κ3) is 15.6. The molecule has 0 spiro atoms. The van der Waals surface area contributed by atoms with E-state index in [4.69, 9.17) is 0 Å². The van der Waals surface area contributed by atoms with Crippen molar-refractivity contribution < 1.29 is 30.7 Å². The van der Waals surface area contributed by atoms with Crippen LogP contribution >= 0.6 is 49.2 Å². The molecule has 4 nitrogen and oxygen atoms in total. The van der Waals surface area contributed by atoms with Crippen LogP contribution in [0.1, 0.15) is 27.7 Å². The summed E-state index contributed by atoms with van der Waals surface area (Å²) in [5, 5.41) is -0.163. The summed E-state index contributed by atoms with van der Waals surface area (Å²) in [6.07, 6.45) is 2.00. The van der Waals surface area contributed by atoms with Crippen molar-refractivity contribution in [3.8, 4) is 0 Å². The smallest absolute Gasteiger partial charge is 0.148 e. The van der Waals surface area contributed by atoms with Crippen LogP contribution < -0.4 is 9.44 Å². The Morgan fingerprint density at radius 3 is 1.38 bits per heavy atom. The SMILES string of the molecule is C[CH-]C.[CH2-]C(SN[C@@H](CS)C(C)=O)C([CH2-])SN[C@@H](CS)C(C)=O.[W]. The van der Waals surface area contributed by atoms with Crippen molar-refractivity contribution in [2.24, 2.45) is 0 Å². The maximum Gasteiger partial charge on any atom is 0.148 e. The van der Waals surface area contributed by atoms with Crippen LogP contribution in [0.3, 0.4) is 0 Å². The molecule has 0 fully saturated rings. The van der Waals surface area contributed by atoms with E-state index in [9.17, 15) is 9.59 Å². The molecular weight excluding hydrogens is 552 g/mol. The van der Waals surface area contributed by atoms with Crippen molar-refractivity contribution in [1.29, 1.82) is 0 Å². The van der Waals surface area contributed by atoms with Gasteiger partial charge in [0.1, 0.15) is 11.6 Å². The van der Waals surface area contributed by atoms with Gasteiger partial charge >= 0.3 is 0 Å². The number of ketones is 2. The second-order valence-corrected chi connectivity index (χ2v) is 7.70. The second kappa shape index (κ2) is 19.1. The molecule has 4 atom stereocenters. The van der Waals surface area contributed by atoms with Crippen LogP contribution in [-0.2, 0) is 30.7 Å². The minimum atomic E-state index is -0.292. The zero-order chi connectivity index (χ0) is 18.4.